The Morgan fingerprint density at radius 3 is 1.43 bits per heavy atom. The average molecular weight is 411 g/mol. The third kappa shape index (κ3) is 5.90. The van der Waals surface area contributed by atoms with Crippen molar-refractivity contribution in [3.05, 3.63) is 60.7 Å². The van der Waals surface area contributed by atoms with Gasteiger partial charge in [-0.25, -0.2) is 0 Å². The molecule has 0 spiro atoms. The molecule has 0 radical (unpaired) electrons. The van der Waals surface area contributed by atoms with E-state index in [1.807, 2.05) is 0 Å². The summed E-state index contributed by atoms with van der Waals surface area (Å²) in [5, 5.41) is 3.29. The summed E-state index contributed by atoms with van der Waals surface area (Å²) in [7, 11) is 0.330. The monoisotopic (exact) mass is 410 g/mol. The van der Waals surface area contributed by atoms with E-state index in [2.05, 4.69) is 60.7 Å². The molecule has 28 heavy (non-hydrogen) atoms. The summed E-state index contributed by atoms with van der Waals surface area (Å²) in [6, 6.07) is 22.6. The Morgan fingerprint density at radius 2 is 1.00 bits per heavy atom. The summed E-state index contributed by atoms with van der Waals surface area (Å²) in [5.41, 5.74) is 0. The van der Waals surface area contributed by atoms with Crippen LogP contribution in [-0.2, 0) is 0 Å². The van der Waals surface area contributed by atoms with Gasteiger partial charge in [0, 0.05) is 0 Å². The normalized spacial score (nSPS) is 27.3. The minimum Gasteiger partial charge on any atom is -0.0750 e. The summed E-state index contributed by atoms with van der Waals surface area (Å²) in [6.07, 6.45) is 17.8. The van der Waals surface area contributed by atoms with Crippen molar-refractivity contribution in [2.45, 2.75) is 51.4 Å². The molecule has 0 saturated carbocycles. The molecule has 2 aliphatic rings. The fourth-order valence-corrected chi connectivity index (χ4v) is 10.9. The lowest BCUT2D eigenvalue weighted by molar-refractivity contribution is 0.466. The summed E-state index contributed by atoms with van der Waals surface area (Å²) in [5.74, 6) is 2.05. The molecule has 4 atom stereocenters. The second kappa shape index (κ2) is 10.9. The molecule has 0 aromatic heterocycles. The van der Waals surface area contributed by atoms with Gasteiger partial charge in [0.15, 0.2) is 0 Å². The molecule has 0 nitrogen and oxygen atoms in total. The van der Waals surface area contributed by atoms with Crippen LogP contribution < -0.4 is 10.6 Å². The van der Waals surface area contributed by atoms with Crippen LogP contribution in [0.3, 0.4) is 0 Å². The summed E-state index contributed by atoms with van der Waals surface area (Å²) in [4.78, 5) is 0. The molecule has 2 aromatic rings. The van der Waals surface area contributed by atoms with Crippen LogP contribution in [0.2, 0.25) is 0 Å². The van der Waals surface area contributed by atoms with Crippen LogP contribution in [0.15, 0.2) is 60.7 Å². The van der Waals surface area contributed by atoms with Gasteiger partial charge in [-0.1, -0.05) is 115 Å². The number of benzene rings is 2. The largest absolute Gasteiger partial charge is 0.0750 e. The molecule has 0 aliphatic carbocycles. The smallest absolute Gasteiger partial charge is 0.0240 e. The van der Waals surface area contributed by atoms with Crippen molar-refractivity contribution in [1.82, 2.24) is 0 Å². The van der Waals surface area contributed by atoms with E-state index in [4.69, 9.17) is 0 Å². The van der Waals surface area contributed by atoms with Crippen molar-refractivity contribution in [3.63, 3.8) is 0 Å². The topological polar surface area (TPSA) is 0 Å². The molecule has 2 aromatic carbocycles. The predicted molar refractivity (Wildman–Crippen MR) is 129 cm³/mol. The van der Waals surface area contributed by atoms with Crippen LogP contribution >= 0.6 is 15.8 Å². The first-order valence-electron chi connectivity index (χ1n) is 11.5. The Kier molecular flexibility index (Phi) is 8.01. The second-order valence-corrected chi connectivity index (χ2v) is 13.7. The lowest BCUT2D eigenvalue weighted by Crippen LogP contribution is -2.03. The third-order valence-corrected chi connectivity index (χ3v) is 12.4. The Morgan fingerprint density at radius 1 is 0.571 bits per heavy atom. The summed E-state index contributed by atoms with van der Waals surface area (Å²) >= 11 is 0. The second-order valence-electron chi connectivity index (χ2n) is 8.86. The standard InChI is InChI=1S/C26H36P2/c1(5-11-23-17-19-27(21-23)25-13-7-3-8-14-25)2-6-12-24-18-20-28(22-24)26-15-9-4-10-16-26/h3-4,7-10,13-16,23-24H,1-2,5-6,11-12,17-22H2. The van der Waals surface area contributed by atoms with Crippen molar-refractivity contribution in [2.24, 2.45) is 11.8 Å². The highest BCUT2D eigenvalue weighted by Crippen LogP contribution is 2.47. The maximum atomic E-state index is 2.36. The van der Waals surface area contributed by atoms with E-state index in [9.17, 15) is 0 Å². The molecule has 4 unspecified atom stereocenters. The van der Waals surface area contributed by atoms with Crippen LogP contribution in [0.1, 0.15) is 51.4 Å². The van der Waals surface area contributed by atoms with Gasteiger partial charge in [0.1, 0.15) is 0 Å². The highest BCUT2D eigenvalue weighted by atomic mass is 31.1. The molecule has 2 heterocycles. The number of unbranched alkanes of at least 4 members (excludes halogenated alkanes) is 3. The molecule has 150 valence electrons. The average Bonchev–Trinajstić information content (AvgIpc) is 3.42. The van der Waals surface area contributed by atoms with Gasteiger partial charge in [-0.2, -0.15) is 0 Å². The van der Waals surface area contributed by atoms with Gasteiger partial charge in [0.05, 0.1) is 0 Å². The number of hydrogen-bond acceptors (Lipinski definition) is 0. The number of hydrogen-bond donors (Lipinski definition) is 0. The molecular weight excluding hydrogens is 374 g/mol. The Balaban J connectivity index is 1.06. The van der Waals surface area contributed by atoms with Gasteiger partial charge < -0.3 is 0 Å². The van der Waals surface area contributed by atoms with E-state index in [0.717, 1.165) is 11.8 Å². The van der Waals surface area contributed by atoms with Gasteiger partial charge in [0.25, 0.3) is 0 Å². The lowest BCUT2D eigenvalue weighted by atomic mass is 9.97. The van der Waals surface area contributed by atoms with Crippen molar-refractivity contribution >= 4 is 26.5 Å². The first-order chi connectivity index (χ1) is 13.9. The fourth-order valence-electron chi connectivity index (χ4n) is 5.10. The van der Waals surface area contributed by atoms with Gasteiger partial charge in [-0.3, -0.25) is 0 Å². The Hall–Kier alpha value is -0.700. The fraction of sp³-hybridized carbons (Fsp3) is 0.538. The van der Waals surface area contributed by atoms with Crippen LogP contribution in [0.5, 0.6) is 0 Å². The molecule has 4 rings (SSSR count). The van der Waals surface area contributed by atoms with E-state index in [-0.39, 0.29) is 15.8 Å². The third-order valence-electron chi connectivity index (χ3n) is 6.79. The zero-order chi connectivity index (χ0) is 19.0. The lowest BCUT2D eigenvalue weighted by Gasteiger charge is -2.13. The van der Waals surface area contributed by atoms with Gasteiger partial charge in [-0.15, -0.1) is 0 Å². The maximum absolute atomic E-state index is 2.36. The van der Waals surface area contributed by atoms with E-state index in [1.54, 1.807) is 10.6 Å². The molecule has 2 aliphatic heterocycles. The van der Waals surface area contributed by atoms with Crippen molar-refractivity contribution in [2.75, 3.05) is 24.6 Å². The van der Waals surface area contributed by atoms with Gasteiger partial charge >= 0.3 is 0 Å². The van der Waals surface area contributed by atoms with Gasteiger partial charge in [0.2, 0.25) is 0 Å². The molecule has 2 fully saturated rings. The first-order valence-corrected chi connectivity index (χ1v) is 14.9. The highest BCUT2D eigenvalue weighted by Gasteiger charge is 2.26. The highest BCUT2D eigenvalue weighted by molar-refractivity contribution is 7.66. The SMILES string of the molecule is c1ccc(P2CCC(CCCCCCC3CCP(c4ccccc4)C3)C2)cc1. The zero-order valence-corrected chi connectivity index (χ0v) is 19.1. The van der Waals surface area contributed by atoms with Crippen LogP contribution in [-0.4, -0.2) is 24.6 Å². The number of rotatable bonds is 9. The minimum absolute atomic E-state index is 0.165. The zero-order valence-electron chi connectivity index (χ0n) is 17.3. The summed E-state index contributed by atoms with van der Waals surface area (Å²) in [6.45, 7) is 0. The summed E-state index contributed by atoms with van der Waals surface area (Å²) < 4.78 is 0. The molecule has 0 bridgehead atoms. The Bertz CT molecular complexity index is 623. The molecule has 0 amide bonds. The van der Waals surface area contributed by atoms with Crippen molar-refractivity contribution in [1.29, 1.82) is 0 Å². The van der Waals surface area contributed by atoms with Crippen LogP contribution in [0, 0.1) is 11.8 Å². The minimum atomic E-state index is 0.165. The predicted octanol–water partition coefficient (Wildman–Crippen LogP) is 6.98. The van der Waals surface area contributed by atoms with Gasteiger partial charge in [-0.05, 0) is 59.9 Å². The van der Waals surface area contributed by atoms with Crippen molar-refractivity contribution < 1.29 is 0 Å². The van der Waals surface area contributed by atoms with E-state index < -0.39 is 0 Å². The van der Waals surface area contributed by atoms with E-state index in [0.29, 0.717) is 0 Å². The molecule has 2 heteroatoms. The first kappa shape index (κ1) is 20.6. The molecule has 2 saturated heterocycles. The molecular formula is C26H36P2. The maximum Gasteiger partial charge on any atom is -0.0240 e. The Labute approximate surface area is 175 Å². The van der Waals surface area contributed by atoms with Crippen LogP contribution in [0.25, 0.3) is 0 Å². The van der Waals surface area contributed by atoms with E-state index in [1.165, 1.54) is 76.0 Å². The molecule has 0 N–H and O–H groups in total. The van der Waals surface area contributed by atoms with Crippen molar-refractivity contribution in [3.8, 4) is 0 Å². The quantitative estimate of drug-likeness (QED) is 0.309. The van der Waals surface area contributed by atoms with E-state index >= 15 is 0 Å². The van der Waals surface area contributed by atoms with Crippen LogP contribution in [0.4, 0.5) is 0 Å².